The molecule has 1 aliphatic rings. The summed E-state index contributed by atoms with van der Waals surface area (Å²) in [5.74, 6) is 1.70. The van der Waals surface area contributed by atoms with Crippen molar-refractivity contribution in [3.8, 4) is 0 Å². The maximum atomic E-state index is 5.89. The van der Waals surface area contributed by atoms with Crippen LogP contribution in [0.2, 0.25) is 0 Å². The number of halogens is 2. The Hall–Kier alpha value is -1.56. The molecule has 5 nitrogen and oxygen atoms in total. The Labute approximate surface area is 162 Å². The minimum Gasteiger partial charge on any atom is -0.368 e. The van der Waals surface area contributed by atoms with Crippen molar-refractivity contribution >= 4 is 36.6 Å². The summed E-state index contributed by atoms with van der Waals surface area (Å²) in [5.41, 5.74) is 14.2. The lowest BCUT2D eigenvalue weighted by atomic mass is 9.78. The molecular weight excluding hydrogens is 357 g/mol. The molecule has 0 aliphatic heterocycles. The van der Waals surface area contributed by atoms with Crippen molar-refractivity contribution in [2.24, 2.45) is 5.73 Å². The Morgan fingerprint density at radius 3 is 2.44 bits per heavy atom. The van der Waals surface area contributed by atoms with Gasteiger partial charge in [-0.25, -0.2) is 4.98 Å². The van der Waals surface area contributed by atoms with Gasteiger partial charge in [0.1, 0.15) is 5.82 Å². The summed E-state index contributed by atoms with van der Waals surface area (Å²) in [7, 11) is 2.06. The second-order valence-corrected chi connectivity index (χ2v) is 6.45. The second-order valence-electron chi connectivity index (χ2n) is 6.45. The first-order valence-corrected chi connectivity index (χ1v) is 8.27. The average molecular weight is 384 g/mol. The van der Waals surface area contributed by atoms with Crippen LogP contribution in [0, 0.1) is 0 Å². The van der Waals surface area contributed by atoms with Gasteiger partial charge in [0.25, 0.3) is 0 Å². The summed E-state index contributed by atoms with van der Waals surface area (Å²) >= 11 is 0. The van der Waals surface area contributed by atoms with Gasteiger partial charge in [0.2, 0.25) is 5.95 Å². The molecule has 0 bridgehead atoms. The van der Waals surface area contributed by atoms with E-state index < -0.39 is 0 Å². The fraction of sp³-hybridized carbons (Fsp3) is 0.444. The molecule has 0 saturated heterocycles. The van der Waals surface area contributed by atoms with E-state index >= 15 is 0 Å². The zero-order chi connectivity index (χ0) is 16.2. The van der Waals surface area contributed by atoms with Crippen LogP contribution < -0.4 is 16.4 Å². The average Bonchev–Trinajstić information content (AvgIpc) is 2.52. The number of rotatable bonds is 6. The maximum Gasteiger partial charge on any atom is 0.222 e. The fourth-order valence-corrected chi connectivity index (χ4v) is 3.06. The molecule has 0 unspecified atom stereocenters. The molecule has 0 amide bonds. The van der Waals surface area contributed by atoms with Crippen LogP contribution >= 0.6 is 24.8 Å². The molecule has 4 N–H and O–H groups in total. The van der Waals surface area contributed by atoms with Crippen molar-refractivity contribution in [2.45, 2.75) is 37.6 Å². The number of benzene rings is 1. The lowest BCUT2D eigenvalue weighted by Gasteiger charge is -2.32. The van der Waals surface area contributed by atoms with Crippen LogP contribution in [0.3, 0.4) is 0 Å². The van der Waals surface area contributed by atoms with Crippen molar-refractivity contribution in [3.05, 3.63) is 47.7 Å². The molecule has 7 heteroatoms. The maximum absolute atomic E-state index is 5.89. The highest BCUT2D eigenvalue weighted by Gasteiger charge is 2.29. The third-order valence-electron chi connectivity index (χ3n) is 4.54. The lowest BCUT2D eigenvalue weighted by Crippen LogP contribution is -2.35. The van der Waals surface area contributed by atoms with Gasteiger partial charge in [-0.3, -0.25) is 0 Å². The van der Waals surface area contributed by atoms with Gasteiger partial charge in [-0.2, -0.15) is 4.98 Å². The number of nitrogens with two attached hydrogens (primary N) is 2. The van der Waals surface area contributed by atoms with Crippen LogP contribution in [-0.2, 0) is 6.42 Å². The minimum absolute atomic E-state index is 0. The standard InChI is InChI=1S/C18H25N5.2ClH/c1-23(9-5-8-13-6-3-2-4-7-13)17-12-16(21-18(20)22-17)14-10-15(19)11-14;;/h2-4,6-7,12,14-15H,5,8-11,19H2,1H3,(H2,20,21,22);2*1H. The predicted molar refractivity (Wildman–Crippen MR) is 109 cm³/mol. The minimum atomic E-state index is 0. The van der Waals surface area contributed by atoms with Gasteiger partial charge in [0.15, 0.2) is 0 Å². The van der Waals surface area contributed by atoms with Crippen molar-refractivity contribution in [1.29, 1.82) is 0 Å². The molecule has 138 valence electrons. The SMILES string of the molecule is CN(CCCc1ccccc1)c1cc(C2CC(N)C2)nc(N)n1.Cl.Cl. The second kappa shape index (κ2) is 9.80. The van der Waals surface area contributed by atoms with Gasteiger partial charge in [0.05, 0.1) is 5.69 Å². The molecule has 25 heavy (non-hydrogen) atoms. The fourth-order valence-electron chi connectivity index (χ4n) is 3.06. The van der Waals surface area contributed by atoms with E-state index in [1.807, 2.05) is 6.07 Å². The monoisotopic (exact) mass is 383 g/mol. The Morgan fingerprint density at radius 1 is 1.12 bits per heavy atom. The van der Waals surface area contributed by atoms with Crippen LogP contribution in [0.25, 0.3) is 0 Å². The number of aromatic nitrogens is 2. The van der Waals surface area contributed by atoms with E-state index in [0.717, 1.165) is 43.7 Å². The number of aryl methyl sites for hydroxylation is 1. The van der Waals surface area contributed by atoms with Crippen LogP contribution in [-0.4, -0.2) is 29.6 Å². The van der Waals surface area contributed by atoms with Crippen molar-refractivity contribution in [1.82, 2.24) is 9.97 Å². The van der Waals surface area contributed by atoms with Crippen molar-refractivity contribution < 1.29 is 0 Å². The molecule has 0 spiro atoms. The molecule has 0 radical (unpaired) electrons. The lowest BCUT2D eigenvalue weighted by molar-refractivity contribution is 0.345. The zero-order valence-corrected chi connectivity index (χ0v) is 16.1. The summed E-state index contributed by atoms with van der Waals surface area (Å²) < 4.78 is 0. The van der Waals surface area contributed by atoms with E-state index in [2.05, 4.69) is 52.2 Å². The van der Waals surface area contributed by atoms with E-state index in [-0.39, 0.29) is 24.8 Å². The van der Waals surface area contributed by atoms with Crippen LogP contribution in [0.4, 0.5) is 11.8 Å². The Balaban J connectivity index is 0.00000156. The Kier molecular flexibility index (Phi) is 8.42. The van der Waals surface area contributed by atoms with E-state index in [1.54, 1.807) is 0 Å². The third-order valence-corrected chi connectivity index (χ3v) is 4.54. The topological polar surface area (TPSA) is 81.1 Å². The summed E-state index contributed by atoms with van der Waals surface area (Å²) in [6.07, 6.45) is 4.13. The summed E-state index contributed by atoms with van der Waals surface area (Å²) in [4.78, 5) is 10.9. The number of anilines is 2. The molecule has 1 saturated carbocycles. The van der Waals surface area contributed by atoms with Gasteiger partial charge in [-0.1, -0.05) is 30.3 Å². The Bertz CT molecular complexity index is 647. The largest absolute Gasteiger partial charge is 0.368 e. The van der Waals surface area contributed by atoms with E-state index in [0.29, 0.717) is 17.9 Å². The quantitative estimate of drug-likeness (QED) is 0.800. The van der Waals surface area contributed by atoms with Gasteiger partial charge in [-0.05, 0) is 31.2 Å². The molecule has 1 heterocycles. The first-order chi connectivity index (χ1) is 11.1. The number of hydrogen-bond acceptors (Lipinski definition) is 5. The normalized spacial score (nSPS) is 18.5. The van der Waals surface area contributed by atoms with Crippen molar-refractivity contribution in [3.63, 3.8) is 0 Å². The summed E-state index contributed by atoms with van der Waals surface area (Å²) in [6, 6.07) is 12.9. The smallest absolute Gasteiger partial charge is 0.222 e. The van der Waals surface area contributed by atoms with Gasteiger partial charge in [-0.15, -0.1) is 24.8 Å². The molecule has 1 aromatic carbocycles. The molecule has 1 aromatic heterocycles. The first-order valence-electron chi connectivity index (χ1n) is 8.27. The van der Waals surface area contributed by atoms with Gasteiger partial charge < -0.3 is 16.4 Å². The summed E-state index contributed by atoms with van der Waals surface area (Å²) in [5, 5.41) is 0. The number of nitrogen functional groups attached to an aromatic ring is 1. The highest BCUT2D eigenvalue weighted by atomic mass is 35.5. The van der Waals surface area contributed by atoms with E-state index in [4.69, 9.17) is 11.5 Å². The molecule has 2 aromatic rings. The van der Waals surface area contributed by atoms with Gasteiger partial charge >= 0.3 is 0 Å². The highest BCUT2D eigenvalue weighted by molar-refractivity contribution is 5.85. The zero-order valence-electron chi connectivity index (χ0n) is 14.5. The molecule has 1 fully saturated rings. The molecule has 3 rings (SSSR count). The van der Waals surface area contributed by atoms with Crippen LogP contribution in [0.1, 0.15) is 36.4 Å². The first kappa shape index (κ1) is 21.5. The third kappa shape index (κ3) is 5.73. The van der Waals surface area contributed by atoms with Crippen LogP contribution in [0.15, 0.2) is 36.4 Å². The Morgan fingerprint density at radius 2 is 1.80 bits per heavy atom. The molecule has 0 atom stereocenters. The van der Waals surface area contributed by atoms with E-state index in [9.17, 15) is 0 Å². The van der Waals surface area contributed by atoms with Crippen molar-refractivity contribution in [2.75, 3.05) is 24.2 Å². The summed E-state index contributed by atoms with van der Waals surface area (Å²) in [6.45, 7) is 0.939. The van der Waals surface area contributed by atoms with E-state index in [1.165, 1.54) is 5.56 Å². The highest BCUT2D eigenvalue weighted by Crippen LogP contribution is 2.35. The van der Waals surface area contributed by atoms with Crippen LogP contribution in [0.5, 0.6) is 0 Å². The van der Waals surface area contributed by atoms with Gasteiger partial charge in [0, 0.05) is 31.6 Å². The predicted octanol–water partition coefficient (Wildman–Crippen LogP) is 3.18. The molecule has 1 aliphatic carbocycles. The molecular formula is C18H27Cl2N5. The number of nitrogens with zero attached hydrogens (tertiary/aromatic N) is 3. The number of hydrogen-bond donors (Lipinski definition) is 2.